The maximum atomic E-state index is 12.3. The molecule has 0 spiro atoms. The minimum absolute atomic E-state index is 0. The molecule has 3 rings (SSSR count). The van der Waals surface area contributed by atoms with E-state index in [0.29, 0.717) is 25.4 Å². The lowest BCUT2D eigenvalue weighted by atomic mass is 10.2. The van der Waals surface area contributed by atoms with Crippen LogP contribution in [0.15, 0.2) is 30.9 Å². The van der Waals surface area contributed by atoms with Crippen molar-refractivity contribution in [1.82, 2.24) is 20.3 Å². The third-order valence-corrected chi connectivity index (χ3v) is 4.09. The lowest BCUT2D eigenvalue weighted by Crippen LogP contribution is -2.36. The number of hydrogen-bond acceptors (Lipinski definition) is 8. The molecular formula is C19H26N6O3. The first kappa shape index (κ1) is 21.4. The lowest BCUT2D eigenvalue weighted by Gasteiger charge is -2.29. The Morgan fingerprint density at radius 1 is 1.25 bits per heavy atom. The fourth-order valence-electron chi connectivity index (χ4n) is 2.75. The van der Waals surface area contributed by atoms with E-state index >= 15 is 0 Å². The molecule has 3 heterocycles. The summed E-state index contributed by atoms with van der Waals surface area (Å²) in [6.07, 6.45) is 4.76. The summed E-state index contributed by atoms with van der Waals surface area (Å²) in [6.45, 7) is 4.74. The number of hydrogen-bond donors (Lipinski definition) is 2. The molecule has 28 heavy (non-hydrogen) atoms. The molecule has 0 atom stereocenters. The van der Waals surface area contributed by atoms with E-state index in [0.717, 1.165) is 24.5 Å². The van der Waals surface area contributed by atoms with E-state index in [-0.39, 0.29) is 31.4 Å². The number of rotatable bonds is 7. The molecule has 1 aliphatic rings. The Morgan fingerprint density at radius 3 is 2.71 bits per heavy atom. The second-order valence-corrected chi connectivity index (χ2v) is 6.10. The molecule has 0 aromatic carbocycles. The number of pyridine rings is 1. The van der Waals surface area contributed by atoms with E-state index in [1.807, 2.05) is 0 Å². The number of carbonyl (C=O) groups is 2. The van der Waals surface area contributed by atoms with Gasteiger partial charge in [-0.25, -0.2) is 15.0 Å². The highest BCUT2D eigenvalue weighted by molar-refractivity contribution is 6.03. The zero-order valence-electron chi connectivity index (χ0n) is 15.1. The highest BCUT2D eigenvalue weighted by Crippen LogP contribution is 2.23. The number of nitrogens with one attached hydrogen (secondary N) is 2. The molecule has 1 fully saturated rings. The van der Waals surface area contributed by atoms with Gasteiger partial charge in [-0.05, 0) is 12.1 Å². The van der Waals surface area contributed by atoms with Crippen LogP contribution in [0.5, 0.6) is 0 Å². The summed E-state index contributed by atoms with van der Waals surface area (Å²) in [7, 11) is 0. The van der Waals surface area contributed by atoms with Gasteiger partial charge in [-0.2, -0.15) is 0 Å². The number of anilines is 2. The standard InChI is InChI=1S/C18H22N6O3.CH4/c1-13(25)18-16(8-15(10-21-18)24-4-6-27-7-5-24)23-17(26)11-20-9-14-2-3-19-12-22-14;/h2-3,8,10,12,20H,4-7,9,11H2,1H3,(H,23,26);1H4. The van der Waals surface area contributed by atoms with Crippen LogP contribution >= 0.6 is 0 Å². The van der Waals surface area contributed by atoms with Gasteiger partial charge in [0, 0.05) is 32.8 Å². The second-order valence-electron chi connectivity index (χ2n) is 6.10. The van der Waals surface area contributed by atoms with Crippen molar-refractivity contribution in [1.29, 1.82) is 0 Å². The fraction of sp³-hybridized carbons (Fsp3) is 0.421. The first-order valence-electron chi connectivity index (χ1n) is 8.72. The van der Waals surface area contributed by atoms with Gasteiger partial charge in [-0.3, -0.25) is 9.59 Å². The molecule has 2 N–H and O–H groups in total. The third kappa shape index (κ3) is 5.80. The van der Waals surface area contributed by atoms with Gasteiger partial charge in [-0.1, -0.05) is 7.43 Å². The highest BCUT2D eigenvalue weighted by atomic mass is 16.5. The summed E-state index contributed by atoms with van der Waals surface area (Å²) in [6, 6.07) is 3.56. The molecule has 0 saturated carbocycles. The minimum Gasteiger partial charge on any atom is -0.378 e. The van der Waals surface area contributed by atoms with Crippen LogP contribution in [0, 0.1) is 0 Å². The largest absolute Gasteiger partial charge is 0.378 e. The van der Waals surface area contributed by atoms with E-state index in [9.17, 15) is 9.59 Å². The first-order chi connectivity index (χ1) is 13.1. The number of carbonyl (C=O) groups excluding carboxylic acids is 2. The molecule has 150 valence electrons. The topological polar surface area (TPSA) is 109 Å². The van der Waals surface area contributed by atoms with Gasteiger partial charge >= 0.3 is 0 Å². The normalized spacial score (nSPS) is 13.5. The zero-order valence-corrected chi connectivity index (χ0v) is 15.1. The van der Waals surface area contributed by atoms with Gasteiger partial charge in [0.15, 0.2) is 5.78 Å². The van der Waals surface area contributed by atoms with Crippen LogP contribution in [0.1, 0.15) is 30.5 Å². The van der Waals surface area contributed by atoms with Gasteiger partial charge in [0.1, 0.15) is 12.0 Å². The number of nitrogens with zero attached hydrogens (tertiary/aromatic N) is 4. The highest BCUT2D eigenvalue weighted by Gasteiger charge is 2.17. The van der Waals surface area contributed by atoms with Crippen molar-refractivity contribution >= 4 is 23.1 Å². The van der Waals surface area contributed by atoms with Crippen LogP contribution in [0.3, 0.4) is 0 Å². The van der Waals surface area contributed by atoms with Crippen molar-refractivity contribution in [2.24, 2.45) is 0 Å². The van der Waals surface area contributed by atoms with Crippen molar-refractivity contribution in [3.05, 3.63) is 42.2 Å². The lowest BCUT2D eigenvalue weighted by molar-refractivity contribution is -0.115. The Balaban J connectivity index is 0.00000280. The molecule has 0 bridgehead atoms. The average Bonchev–Trinajstić information content (AvgIpc) is 2.69. The molecule has 0 radical (unpaired) electrons. The molecule has 1 amide bonds. The van der Waals surface area contributed by atoms with Crippen LogP contribution in [0.25, 0.3) is 0 Å². The SMILES string of the molecule is C.CC(=O)c1ncc(N2CCOCC2)cc1NC(=O)CNCc1ccncn1. The van der Waals surface area contributed by atoms with E-state index in [2.05, 4.69) is 30.5 Å². The Kier molecular flexibility index (Phi) is 7.97. The number of ketones is 1. The van der Waals surface area contributed by atoms with Crippen LogP contribution in [0.2, 0.25) is 0 Å². The second kappa shape index (κ2) is 10.4. The smallest absolute Gasteiger partial charge is 0.238 e. The first-order valence-corrected chi connectivity index (χ1v) is 8.72. The number of ether oxygens (including phenoxy) is 1. The van der Waals surface area contributed by atoms with Crippen molar-refractivity contribution in [3.8, 4) is 0 Å². The molecule has 0 unspecified atom stereocenters. The van der Waals surface area contributed by atoms with Gasteiger partial charge < -0.3 is 20.3 Å². The summed E-state index contributed by atoms with van der Waals surface area (Å²) in [5, 5.41) is 5.80. The Hall–Kier alpha value is -2.91. The van der Waals surface area contributed by atoms with E-state index in [1.165, 1.54) is 13.3 Å². The third-order valence-electron chi connectivity index (χ3n) is 4.09. The predicted molar refractivity (Wildman–Crippen MR) is 106 cm³/mol. The van der Waals surface area contributed by atoms with Gasteiger partial charge in [0.2, 0.25) is 5.91 Å². The monoisotopic (exact) mass is 386 g/mol. The number of aromatic nitrogens is 3. The number of morpholine rings is 1. The summed E-state index contributed by atoms with van der Waals surface area (Å²) >= 11 is 0. The van der Waals surface area contributed by atoms with Crippen molar-refractivity contribution in [2.75, 3.05) is 43.1 Å². The number of Topliss-reactive ketones (excluding diaryl/α,β-unsaturated/α-hetero) is 1. The molecule has 2 aromatic heterocycles. The number of amides is 1. The fourth-order valence-corrected chi connectivity index (χ4v) is 2.75. The van der Waals surface area contributed by atoms with Crippen LogP contribution in [-0.2, 0) is 16.1 Å². The average molecular weight is 386 g/mol. The Labute approximate surface area is 164 Å². The maximum Gasteiger partial charge on any atom is 0.238 e. The molecular weight excluding hydrogens is 360 g/mol. The van der Waals surface area contributed by atoms with Crippen molar-refractivity contribution in [3.63, 3.8) is 0 Å². The van der Waals surface area contributed by atoms with E-state index in [1.54, 1.807) is 24.5 Å². The summed E-state index contributed by atoms with van der Waals surface area (Å²) in [4.78, 5) is 38.4. The summed E-state index contributed by atoms with van der Waals surface area (Å²) in [5.41, 5.74) is 2.31. The zero-order chi connectivity index (χ0) is 19.1. The van der Waals surface area contributed by atoms with Crippen LogP contribution in [0.4, 0.5) is 11.4 Å². The summed E-state index contributed by atoms with van der Waals surface area (Å²) < 4.78 is 5.36. The quantitative estimate of drug-likeness (QED) is 0.685. The molecule has 9 nitrogen and oxygen atoms in total. The van der Waals surface area contributed by atoms with Gasteiger partial charge in [-0.15, -0.1) is 0 Å². The molecule has 9 heteroatoms. The molecule has 1 aliphatic heterocycles. The predicted octanol–water partition coefficient (Wildman–Crippen LogP) is 1.28. The Morgan fingerprint density at radius 2 is 2.04 bits per heavy atom. The molecule has 0 aliphatic carbocycles. The maximum absolute atomic E-state index is 12.3. The van der Waals surface area contributed by atoms with Crippen LogP contribution in [-0.4, -0.2) is 59.5 Å². The molecule has 2 aromatic rings. The van der Waals surface area contributed by atoms with E-state index < -0.39 is 0 Å². The van der Waals surface area contributed by atoms with Gasteiger partial charge in [0.05, 0.1) is 43.0 Å². The van der Waals surface area contributed by atoms with Gasteiger partial charge in [0.25, 0.3) is 0 Å². The van der Waals surface area contributed by atoms with E-state index in [4.69, 9.17) is 4.74 Å². The van der Waals surface area contributed by atoms with Crippen molar-refractivity contribution in [2.45, 2.75) is 20.9 Å². The van der Waals surface area contributed by atoms with Crippen LogP contribution < -0.4 is 15.5 Å². The Bertz CT molecular complexity index is 794. The van der Waals surface area contributed by atoms with Crippen molar-refractivity contribution < 1.29 is 14.3 Å². The molecule has 1 saturated heterocycles. The summed E-state index contributed by atoms with van der Waals surface area (Å²) in [5.74, 6) is -0.458. The minimum atomic E-state index is -0.257.